The first kappa shape index (κ1) is 11.7. The molecule has 19 heavy (non-hydrogen) atoms. The van der Waals surface area contributed by atoms with Crippen LogP contribution < -0.4 is 4.74 Å². The maximum absolute atomic E-state index is 5.10. The molecular formula is C15H15N3O. The van der Waals surface area contributed by atoms with E-state index in [-0.39, 0.29) is 0 Å². The molecule has 1 N–H and O–H groups in total. The SMILES string of the molecule is COc1ccc2[nH]c(CCc3ccccc3)nc2n1. The van der Waals surface area contributed by atoms with E-state index >= 15 is 0 Å². The van der Waals surface area contributed by atoms with Crippen molar-refractivity contribution in [3.05, 3.63) is 53.9 Å². The summed E-state index contributed by atoms with van der Waals surface area (Å²) in [5.41, 5.74) is 2.97. The van der Waals surface area contributed by atoms with Gasteiger partial charge in [0.1, 0.15) is 5.82 Å². The number of aromatic nitrogens is 3. The van der Waals surface area contributed by atoms with Crippen LogP contribution >= 0.6 is 0 Å². The maximum atomic E-state index is 5.10. The normalized spacial score (nSPS) is 10.8. The molecule has 2 aromatic heterocycles. The van der Waals surface area contributed by atoms with Crippen LogP contribution in [0, 0.1) is 0 Å². The second kappa shape index (κ2) is 5.10. The van der Waals surface area contributed by atoms with E-state index < -0.39 is 0 Å². The lowest BCUT2D eigenvalue weighted by atomic mass is 10.1. The zero-order valence-electron chi connectivity index (χ0n) is 10.8. The van der Waals surface area contributed by atoms with Gasteiger partial charge in [-0.3, -0.25) is 0 Å². The quantitative estimate of drug-likeness (QED) is 0.777. The number of aromatic amines is 1. The average molecular weight is 253 g/mol. The lowest BCUT2D eigenvalue weighted by molar-refractivity contribution is 0.399. The summed E-state index contributed by atoms with van der Waals surface area (Å²) in [5.74, 6) is 1.55. The van der Waals surface area contributed by atoms with E-state index in [1.807, 2.05) is 18.2 Å². The zero-order chi connectivity index (χ0) is 13.1. The monoisotopic (exact) mass is 253 g/mol. The predicted molar refractivity (Wildman–Crippen MR) is 74.3 cm³/mol. The van der Waals surface area contributed by atoms with E-state index in [1.165, 1.54) is 5.56 Å². The molecule has 4 heteroatoms. The number of hydrogen-bond donors (Lipinski definition) is 1. The summed E-state index contributed by atoms with van der Waals surface area (Å²) in [6.07, 6.45) is 1.85. The molecule has 0 aliphatic heterocycles. The Hall–Kier alpha value is -2.36. The molecule has 0 radical (unpaired) electrons. The highest BCUT2D eigenvalue weighted by Crippen LogP contribution is 2.15. The van der Waals surface area contributed by atoms with Crippen LogP contribution in [0.25, 0.3) is 11.2 Å². The minimum absolute atomic E-state index is 0.591. The van der Waals surface area contributed by atoms with E-state index in [2.05, 4.69) is 39.2 Å². The number of ether oxygens (including phenoxy) is 1. The van der Waals surface area contributed by atoms with Crippen LogP contribution in [-0.4, -0.2) is 22.1 Å². The van der Waals surface area contributed by atoms with Gasteiger partial charge >= 0.3 is 0 Å². The van der Waals surface area contributed by atoms with Crippen molar-refractivity contribution in [2.75, 3.05) is 7.11 Å². The van der Waals surface area contributed by atoms with Crippen molar-refractivity contribution in [2.24, 2.45) is 0 Å². The van der Waals surface area contributed by atoms with Crippen LogP contribution in [0.3, 0.4) is 0 Å². The summed E-state index contributed by atoms with van der Waals surface area (Å²) in [6.45, 7) is 0. The van der Waals surface area contributed by atoms with Gasteiger partial charge in [0.05, 0.1) is 12.6 Å². The van der Waals surface area contributed by atoms with Gasteiger partial charge < -0.3 is 9.72 Å². The third-order valence-electron chi connectivity index (χ3n) is 3.07. The van der Waals surface area contributed by atoms with E-state index in [0.29, 0.717) is 11.5 Å². The van der Waals surface area contributed by atoms with Crippen LogP contribution in [0.2, 0.25) is 0 Å². The Balaban J connectivity index is 1.78. The van der Waals surface area contributed by atoms with Gasteiger partial charge in [-0.15, -0.1) is 0 Å². The van der Waals surface area contributed by atoms with Gasteiger partial charge in [0.25, 0.3) is 0 Å². The molecule has 0 spiro atoms. The molecule has 0 aliphatic rings. The first-order valence-electron chi connectivity index (χ1n) is 6.29. The van der Waals surface area contributed by atoms with Gasteiger partial charge in [-0.05, 0) is 18.1 Å². The Kier molecular flexibility index (Phi) is 3.14. The number of imidazole rings is 1. The van der Waals surface area contributed by atoms with Crippen LogP contribution in [-0.2, 0) is 12.8 Å². The van der Waals surface area contributed by atoms with E-state index in [4.69, 9.17) is 4.74 Å². The van der Waals surface area contributed by atoms with Crippen molar-refractivity contribution in [3.8, 4) is 5.88 Å². The smallest absolute Gasteiger partial charge is 0.215 e. The molecule has 3 aromatic rings. The highest BCUT2D eigenvalue weighted by atomic mass is 16.5. The fourth-order valence-corrected chi connectivity index (χ4v) is 2.06. The van der Waals surface area contributed by atoms with Crippen molar-refractivity contribution in [2.45, 2.75) is 12.8 Å². The Morgan fingerprint density at radius 3 is 2.63 bits per heavy atom. The van der Waals surface area contributed by atoms with Gasteiger partial charge in [-0.1, -0.05) is 30.3 Å². The van der Waals surface area contributed by atoms with Crippen molar-refractivity contribution < 1.29 is 4.74 Å². The molecule has 3 rings (SSSR count). The molecule has 2 heterocycles. The summed E-state index contributed by atoms with van der Waals surface area (Å²) in [7, 11) is 1.61. The minimum atomic E-state index is 0.591. The fraction of sp³-hybridized carbons (Fsp3) is 0.200. The molecule has 1 aromatic carbocycles. The molecule has 4 nitrogen and oxygen atoms in total. The fourth-order valence-electron chi connectivity index (χ4n) is 2.06. The number of benzene rings is 1. The minimum Gasteiger partial charge on any atom is -0.481 e. The predicted octanol–water partition coefficient (Wildman–Crippen LogP) is 2.75. The number of fused-ring (bicyclic) bond motifs is 1. The van der Waals surface area contributed by atoms with Gasteiger partial charge in [0, 0.05) is 12.5 Å². The van der Waals surface area contributed by atoms with E-state index in [9.17, 15) is 0 Å². The molecular weight excluding hydrogens is 238 g/mol. The van der Waals surface area contributed by atoms with Crippen molar-refractivity contribution in [3.63, 3.8) is 0 Å². The Morgan fingerprint density at radius 1 is 1.00 bits per heavy atom. The van der Waals surface area contributed by atoms with Crippen LogP contribution in [0.4, 0.5) is 0 Å². The third kappa shape index (κ3) is 2.57. The lowest BCUT2D eigenvalue weighted by Gasteiger charge is -1.97. The van der Waals surface area contributed by atoms with Crippen LogP contribution in [0.5, 0.6) is 5.88 Å². The maximum Gasteiger partial charge on any atom is 0.215 e. The molecule has 0 bridgehead atoms. The third-order valence-corrected chi connectivity index (χ3v) is 3.07. The number of methoxy groups -OCH3 is 1. The van der Waals surface area contributed by atoms with Gasteiger partial charge in [0.15, 0.2) is 5.65 Å². The summed E-state index contributed by atoms with van der Waals surface area (Å²) < 4.78 is 5.10. The van der Waals surface area contributed by atoms with Gasteiger partial charge in [-0.2, -0.15) is 4.98 Å². The second-order valence-corrected chi connectivity index (χ2v) is 4.39. The summed E-state index contributed by atoms with van der Waals surface area (Å²) in [4.78, 5) is 12.1. The molecule has 0 atom stereocenters. The topological polar surface area (TPSA) is 50.8 Å². The number of pyridine rings is 1. The van der Waals surface area contributed by atoms with Gasteiger partial charge in [0.2, 0.25) is 5.88 Å². The Labute approximate surface area is 111 Å². The Bertz CT molecular complexity index is 676. The number of aryl methyl sites for hydroxylation is 2. The first-order chi connectivity index (χ1) is 9.35. The average Bonchev–Trinajstić information content (AvgIpc) is 2.88. The van der Waals surface area contributed by atoms with Crippen molar-refractivity contribution in [1.29, 1.82) is 0 Å². The Morgan fingerprint density at radius 2 is 1.84 bits per heavy atom. The van der Waals surface area contributed by atoms with E-state index in [1.54, 1.807) is 7.11 Å². The number of H-pyrrole nitrogens is 1. The number of nitrogens with zero attached hydrogens (tertiary/aromatic N) is 2. The highest BCUT2D eigenvalue weighted by molar-refractivity contribution is 5.71. The number of rotatable bonds is 4. The van der Waals surface area contributed by atoms with Crippen LogP contribution in [0.15, 0.2) is 42.5 Å². The molecule has 0 unspecified atom stereocenters. The second-order valence-electron chi connectivity index (χ2n) is 4.39. The molecule has 0 saturated heterocycles. The molecule has 0 aliphatic carbocycles. The van der Waals surface area contributed by atoms with Crippen molar-refractivity contribution in [1.82, 2.24) is 15.0 Å². The summed E-state index contributed by atoms with van der Waals surface area (Å²) >= 11 is 0. The lowest BCUT2D eigenvalue weighted by Crippen LogP contribution is -1.93. The number of nitrogens with one attached hydrogen (secondary N) is 1. The summed E-state index contributed by atoms with van der Waals surface area (Å²) in [6, 6.07) is 14.2. The van der Waals surface area contributed by atoms with Crippen molar-refractivity contribution >= 4 is 11.2 Å². The molecule has 96 valence electrons. The summed E-state index contributed by atoms with van der Waals surface area (Å²) in [5, 5.41) is 0. The van der Waals surface area contributed by atoms with Gasteiger partial charge in [-0.25, -0.2) is 4.98 Å². The largest absolute Gasteiger partial charge is 0.481 e. The molecule has 0 fully saturated rings. The molecule has 0 amide bonds. The van der Waals surface area contributed by atoms with Crippen LogP contribution in [0.1, 0.15) is 11.4 Å². The first-order valence-corrected chi connectivity index (χ1v) is 6.29. The van der Waals surface area contributed by atoms with E-state index in [0.717, 1.165) is 24.2 Å². The molecule has 0 saturated carbocycles. The zero-order valence-corrected chi connectivity index (χ0v) is 10.8. The highest BCUT2D eigenvalue weighted by Gasteiger charge is 2.05. The number of hydrogen-bond acceptors (Lipinski definition) is 3. The standard InChI is InChI=1S/C15H15N3O/c1-19-14-10-8-12-15(18-14)17-13(16-12)9-7-11-5-3-2-4-6-11/h2-6,8,10H,7,9H2,1H3,(H,16,17,18).